The fourth-order valence-electron chi connectivity index (χ4n) is 4.48. The molecule has 1 fully saturated rings. The summed E-state index contributed by atoms with van der Waals surface area (Å²) >= 11 is 6.02. The molecule has 3 aromatic rings. The van der Waals surface area contributed by atoms with E-state index in [-0.39, 0.29) is 28.5 Å². The summed E-state index contributed by atoms with van der Waals surface area (Å²) in [4.78, 5) is 29.7. The van der Waals surface area contributed by atoms with Crippen molar-refractivity contribution in [2.24, 2.45) is 0 Å². The van der Waals surface area contributed by atoms with Crippen molar-refractivity contribution in [2.75, 3.05) is 0 Å². The molecule has 2 amide bonds. The van der Waals surface area contributed by atoms with E-state index in [0.29, 0.717) is 30.9 Å². The lowest BCUT2D eigenvalue weighted by Gasteiger charge is -2.36. The highest BCUT2D eigenvalue weighted by atomic mass is 35.5. The Labute approximate surface area is 225 Å². The van der Waals surface area contributed by atoms with Crippen LogP contribution in [0.25, 0.3) is 0 Å². The number of carbonyl (C=O) groups is 2. The Morgan fingerprint density at radius 3 is 2.49 bits per heavy atom. The second-order valence-corrected chi connectivity index (χ2v) is 9.52. The predicted octanol–water partition coefficient (Wildman–Crippen LogP) is 6.02. The van der Waals surface area contributed by atoms with Gasteiger partial charge in [0.05, 0.1) is 16.8 Å². The molecule has 206 valence electrons. The number of hydrogen-bond acceptors (Lipinski definition) is 4. The van der Waals surface area contributed by atoms with Gasteiger partial charge < -0.3 is 15.4 Å². The molecule has 12 heteroatoms. The molecule has 0 bridgehead atoms. The standard InChI is InChI=1S/C27H23ClF5N3O3/c28-18-9-10-23(34-15-18)26(14-16-5-2-1-3-6-16,36-25(38)35-21-7-4-8-22(21)37)17-11-19(29)13-20(12-17)39-27(32,33)24(30)31/h1-3,5-6,9-13,15,21,24H,4,7-8,14H2,(H2,35,36,38)/t21?,26-/m0/s1. The number of pyridine rings is 1. The molecule has 39 heavy (non-hydrogen) atoms. The van der Waals surface area contributed by atoms with Crippen LogP contribution in [0.3, 0.4) is 0 Å². The van der Waals surface area contributed by atoms with E-state index in [1.807, 2.05) is 0 Å². The number of amides is 2. The van der Waals surface area contributed by atoms with E-state index < -0.39 is 41.7 Å². The third-order valence-electron chi connectivity index (χ3n) is 6.29. The van der Waals surface area contributed by atoms with Gasteiger partial charge in [-0.3, -0.25) is 9.78 Å². The molecule has 1 aliphatic carbocycles. The number of ketones is 1. The third-order valence-corrected chi connectivity index (χ3v) is 6.51. The lowest BCUT2D eigenvalue weighted by Crippen LogP contribution is -2.55. The Morgan fingerprint density at radius 2 is 1.87 bits per heavy atom. The topological polar surface area (TPSA) is 80.3 Å². The Hall–Kier alpha value is -3.73. The maximum Gasteiger partial charge on any atom is 0.461 e. The quantitative estimate of drug-likeness (QED) is 0.310. The van der Waals surface area contributed by atoms with Crippen LogP contribution < -0.4 is 15.4 Å². The van der Waals surface area contributed by atoms with Crippen LogP contribution >= 0.6 is 11.6 Å². The fourth-order valence-corrected chi connectivity index (χ4v) is 4.59. The van der Waals surface area contributed by atoms with Gasteiger partial charge in [-0.05, 0) is 48.2 Å². The van der Waals surface area contributed by atoms with E-state index in [9.17, 15) is 31.5 Å². The first-order chi connectivity index (χ1) is 18.5. The summed E-state index contributed by atoms with van der Waals surface area (Å²) in [6.07, 6.45) is -6.55. The number of nitrogens with zero attached hydrogens (tertiary/aromatic N) is 1. The zero-order chi connectivity index (χ0) is 28.2. The summed E-state index contributed by atoms with van der Waals surface area (Å²) in [5.41, 5.74) is -1.14. The molecular weight excluding hydrogens is 545 g/mol. The molecule has 1 saturated carbocycles. The van der Waals surface area contributed by atoms with Gasteiger partial charge >= 0.3 is 18.6 Å². The number of aromatic nitrogens is 1. The molecular formula is C27H23ClF5N3O3. The molecule has 2 aromatic carbocycles. The number of alkyl halides is 4. The van der Waals surface area contributed by atoms with Gasteiger partial charge in [0.25, 0.3) is 0 Å². The van der Waals surface area contributed by atoms with Crippen LogP contribution in [0, 0.1) is 5.82 Å². The molecule has 0 aliphatic heterocycles. The van der Waals surface area contributed by atoms with E-state index >= 15 is 0 Å². The maximum atomic E-state index is 14.8. The number of rotatable bonds is 9. The number of halogens is 6. The minimum absolute atomic E-state index is 0.0807. The molecule has 1 aliphatic rings. The van der Waals surface area contributed by atoms with Gasteiger partial charge in [0.15, 0.2) is 5.78 Å². The average Bonchev–Trinajstić information content (AvgIpc) is 3.27. The summed E-state index contributed by atoms with van der Waals surface area (Å²) in [5, 5.41) is 5.60. The van der Waals surface area contributed by atoms with Crippen LogP contribution in [0.5, 0.6) is 5.75 Å². The van der Waals surface area contributed by atoms with Crippen molar-refractivity contribution in [1.29, 1.82) is 0 Å². The van der Waals surface area contributed by atoms with Gasteiger partial charge in [0.1, 0.15) is 17.1 Å². The summed E-state index contributed by atoms with van der Waals surface area (Å²) in [7, 11) is 0. The van der Waals surface area contributed by atoms with Gasteiger partial charge in [-0.15, -0.1) is 0 Å². The SMILES string of the molecule is O=C(NC1CCCC1=O)N[C@@](Cc1ccccc1)(c1cc(F)cc(OC(F)(F)C(F)F)c1)c1ccc(Cl)cn1. The first-order valence-corrected chi connectivity index (χ1v) is 12.3. The van der Waals surface area contributed by atoms with Gasteiger partial charge in [0, 0.05) is 25.1 Å². The van der Waals surface area contributed by atoms with Crippen LogP contribution in [0.15, 0.2) is 66.9 Å². The van der Waals surface area contributed by atoms with Crippen molar-refractivity contribution in [3.05, 3.63) is 94.5 Å². The largest absolute Gasteiger partial charge is 0.461 e. The molecule has 1 aromatic heterocycles. The number of benzene rings is 2. The molecule has 1 unspecified atom stereocenters. The number of hydrogen-bond donors (Lipinski definition) is 2. The zero-order valence-corrected chi connectivity index (χ0v) is 21.0. The number of urea groups is 1. The molecule has 0 saturated heterocycles. The van der Waals surface area contributed by atoms with Crippen molar-refractivity contribution >= 4 is 23.4 Å². The first-order valence-electron chi connectivity index (χ1n) is 11.9. The molecule has 2 N–H and O–H groups in total. The number of nitrogens with one attached hydrogen (secondary N) is 2. The van der Waals surface area contributed by atoms with E-state index in [4.69, 9.17) is 11.6 Å². The van der Waals surface area contributed by atoms with Gasteiger partial charge in [-0.2, -0.15) is 17.6 Å². The predicted molar refractivity (Wildman–Crippen MR) is 132 cm³/mol. The zero-order valence-electron chi connectivity index (χ0n) is 20.3. The summed E-state index contributed by atoms with van der Waals surface area (Å²) in [5.74, 6) is -2.14. The first kappa shape index (κ1) is 28.3. The van der Waals surface area contributed by atoms with Crippen LogP contribution in [0.2, 0.25) is 5.02 Å². The lowest BCUT2D eigenvalue weighted by molar-refractivity contribution is -0.253. The maximum absolute atomic E-state index is 14.8. The van der Waals surface area contributed by atoms with Crippen molar-refractivity contribution in [3.8, 4) is 5.75 Å². The highest BCUT2D eigenvalue weighted by Crippen LogP contribution is 2.37. The van der Waals surface area contributed by atoms with Crippen LogP contribution in [-0.2, 0) is 16.8 Å². The van der Waals surface area contributed by atoms with Crippen molar-refractivity contribution < 1.29 is 36.3 Å². The average molecular weight is 568 g/mol. The minimum Gasteiger partial charge on any atom is -0.428 e. The minimum atomic E-state index is -4.90. The van der Waals surface area contributed by atoms with E-state index in [1.54, 1.807) is 30.3 Å². The molecule has 4 rings (SSSR count). The Balaban J connectivity index is 1.86. The summed E-state index contributed by atoms with van der Waals surface area (Å²) in [6, 6.07) is 12.4. The van der Waals surface area contributed by atoms with Gasteiger partial charge in [-0.25, -0.2) is 9.18 Å². The second-order valence-electron chi connectivity index (χ2n) is 9.08. The van der Waals surface area contributed by atoms with Crippen LogP contribution in [0.1, 0.15) is 36.1 Å². The number of Topliss-reactive ketones (excluding diaryl/α,β-unsaturated/α-hetero) is 1. The highest BCUT2D eigenvalue weighted by molar-refractivity contribution is 6.30. The smallest absolute Gasteiger partial charge is 0.428 e. The van der Waals surface area contributed by atoms with E-state index in [2.05, 4.69) is 20.4 Å². The number of ether oxygens (including phenoxy) is 1. The monoisotopic (exact) mass is 567 g/mol. The molecule has 2 atom stereocenters. The van der Waals surface area contributed by atoms with Crippen molar-refractivity contribution in [2.45, 2.75) is 49.8 Å². The lowest BCUT2D eigenvalue weighted by atomic mass is 9.80. The molecule has 0 spiro atoms. The Morgan fingerprint density at radius 1 is 1.13 bits per heavy atom. The van der Waals surface area contributed by atoms with Crippen molar-refractivity contribution in [3.63, 3.8) is 0 Å². The number of carbonyl (C=O) groups excluding carboxylic acids is 2. The highest BCUT2D eigenvalue weighted by Gasteiger charge is 2.45. The normalized spacial score (nSPS) is 17.1. The van der Waals surface area contributed by atoms with Gasteiger partial charge in [-0.1, -0.05) is 41.9 Å². The fraction of sp³-hybridized carbons (Fsp3) is 0.296. The molecule has 0 radical (unpaired) electrons. The second kappa shape index (κ2) is 11.6. The molecule has 6 nitrogen and oxygen atoms in total. The molecule has 1 heterocycles. The summed E-state index contributed by atoms with van der Waals surface area (Å²) < 4.78 is 72.2. The van der Waals surface area contributed by atoms with Crippen molar-refractivity contribution in [1.82, 2.24) is 15.6 Å². The van der Waals surface area contributed by atoms with Crippen LogP contribution in [0.4, 0.5) is 26.7 Å². The van der Waals surface area contributed by atoms with E-state index in [1.165, 1.54) is 18.3 Å². The van der Waals surface area contributed by atoms with E-state index in [0.717, 1.165) is 12.1 Å². The Bertz CT molecular complexity index is 1330. The van der Waals surface area contributed by atoms with Gasteiger partial charge in [0.2, 0.25) is 0 Å². The van der Waals surface area contributed by atoms with Crippen LogP contribution in [-0.4, -0.2) is 35.4 Å². The third kappa shape index (κ3) is 6.65. The Kier molecular flexibility index (Phi) is 8.39. The summed E-state index contributed by atoms with van der Waals surface area (Å²) in [6.45, 7) is 0.